The first-order chi connectivity index (χ1) is 12.4. The molecule has 1 heterocycles. The Hall–Kier alpha value is -2.48. The molecule has 1 fully saturated rings. The summed E-state index contributed by atoms with van der Waals surface area (Å²) >= 11 is 0. The summed E-state index contributed by atoms with van der Waals surface area (Å²) in [4.78, 5) is 28.0. The first-order valence-electron chi connectivity index (χ1n) is 8.66. The number of methoxy groups -OCH3 is 2. The zero-order valence-corrected chi connectivity index (χ0v) is 15.9. The van der Waals surface area contributed by atoms with Crippen molar-refractivity contribution in [2.45, 2.75) is 18.9 Å². The highest BCUT2D eigenvalue weighted by molar-refractivity contribution is 5.97. The lowest BCUT2D eigenvalue weighted by Crippen LogP contribution is -2.43. The van der Waals surface area contributed by atoms with Gasteiger partial charge in [0, 0.05) is 31.3 Å². The number of amides is 3. The van der Waals surface area contributed by atoms with E-state index in [-0.39, 0.29) is 24.4 Å². The van der Waals surface area contributed by atoms with E-state index in [0.717, 1.165) is 18.7 Å². The Labute approximate surface area is 154 Å². The Morgan fingerprint density at radius 3 is 2.65 bits per heavy atom. The highest BCUT2D eigenvalue weighted by atomic mass is 16.5. The topological polar surface area (TPSA) is 83.1 Å². The highest BCUT2D eigenvalue weighted by Gasteiger charge is 2.32. The number of carbonyl (C=O) groups excluding carboxylic acids is 2. The zero-order valence-electron chi connectivity index (χ0n) is 15.9. The van der Waals surface area contributed by atoms with Crippen molar-refractivity contribution < 1.29 is 19.1 Å². The van der Waals surface area contributed by atoms with Crippen LogP contribution in [-0.4, -0.2) is 70.8 Å². The Kier molecular flexibility index (Phi) is 7.08. The van der Waals surface area contributed by atoms with E-state index in [1.54, 1.807) is 31.3 Å². The number of hydrogen-bond acceptors (Lipinski definition) is 5. The first kappa shape index (κ1) is 19.8. The maximum atomic E-state index is 12.3. The van der Waals surface area contributed by atoms with Crippen molar-refractivity contribution in [2.24, 2.45) is 0 Å². The number of ether oxygens (including phenoxy) is 2. The van der Waals surface area contributed by atoms with Crippen LogP contribution in [0.5, 0.6) is 11.5 Å². The van der Waals surface area contributed by atoms with Crippen molar-refractivity contribution in [3.05, 3.63) is 18.2 Å². The van der Waals surface area contributed by atoms with Gasteiger partial charge in [-0.3, -0.25) is 4.79 Å². The van der Waals surface area contributed by atoms with Crippen molar-refractivity contribution in [1.82, 2.24) is 15.5 Å². The van der Waals surface area contributed by atoms with Gasteiger partial charge in [-0.1, -0.05) is 0 Å². The molecule has 0 aliphatic carbocycles. The van der Waals surface area contributed by atoms with Gasteiger partial charge in [-0.05, 0) is 39.2 Å². The Balaban J connectivity index is 1.89. The normalized spacial score (nSPS) is 16.7. The number of carbonyl (C=O) groups is 2. The average molecular weight is 364 g/mol. The fourth-order valence-corrected chi connectivity index (χ4v) is 2.88. The maximum Gasteiger partial charge on any atom is 0.315 e. The molecule has 26 heavy (non-hydrogen) atoms. The molecule has 2 N–H and O–H groups in total. The van der Waals surface area contributed by atoms with Gasteiger partial charge in [0.2, 0.25) is 5.91 Å². The van der Waals surface area contributed by atoms with Crippen LogP contribution in [-0.2, 0) is 4.79 Å². The molecule has 1 saturated heterocycles. The maximum absolute atomic E-state index is 12.3. The molecule has 0 radical (unpaired) electrons. The number of nitrogens with one attached hydrogen (secondary N) is 2. The van der Waals surface area contributed by atoms with Gasteiger partial charge in [0.05, 0.1) is 20.3 Å². The molecule has 2 rings (SSSR count). The second-order valence-corrected chi connectivity index (χ2v) is 6.50. The van der Waals surface area contributed by atoms with Crippen molar-refractivity contribution in [1.29, 1.82) is 0 Å². The van der Waals surface area contributed by atoms with Gasteiger partial charge in [-0.2, -0.15) is 0 Å². The average Bonchev–Trinajstić information content (AvgIpc) is 2.98. The molecule has 1 aromatic carbocycles. The largest absolute Gasteiger partial charge is 0.493 e. The molecule has 144 valence electrons. The third kappa shape index (κ3) is 5.26. The molecular formula is C18H28N4O4. The number of urea groups is 1. The fourth-order valence-electron chi connectivity index (χ4n) is 2.88. The van der Waals surface area contributed by atoms with E-state index in [0.29, 0.717) is 24.6 Å². The van der Waals surface area contributed by atoms with E-state index in [4.69, 9.17) is 9.47 Å². The van der Waals surface area contributed by atoms with Crippen LogP contribution in [0.3, 0.4) is 0 Å². The molecule has 0 unspecified atom stereocenters. The van der Waals surface area contributed by atoms with Crippen molar-refractivity contribution in [3.8, 4) is 11.5 Å². The van der Waals surface area contributed by atoms with Gasteiger partial charge in [0.15, 0.2) is 11.5 Å². The molecule has 0 bridgehead atoms. The van der Waals surface area contributed by atoms with Crippen molar-refractivity contribution in [3.63, 3.8) is 0 Å². The molecule has 3 amide bonds. The summed E-state index contributed by atoms with van der Waals surface area (Å²) in [5, 5.41) is 5.69. The number of anilines is 1. The third-order valence-electron chi connectivity index (χ3n) is 4.21. The van der Waals surface area contributed by atoms with Crippen LogP contribution < -0.4 is 25.0 Å². The molecule has 1 aliphatic heterocycles. The quantitative estimate of drug-likeness (QED) is 0.674. The predicted octanol–water partition coefficient (Wildman–Crippen LogP) is 1.06. The highest BCUT2D eigenvalue weighted by Crippen LogP contribution is 2.33. The standard InChI is InChI=1S/C18H28N4O4/c1-21(2)9-5-8-19-18(24)20-13-10-17(23)22(12-13)14-6-7-15(25-3)16(11-14)26-4/h6-7,11,13H,5,8-10,12H2,1-4H3,(H2,19,20,24)/t13-/m0/s1. The van der Waals surface area contributed by atoms with Crippen LogP contribution in [0.1, 0.15) is 12.8 Å². The number of nitrogens with zero attached hydrogens (tertiary/aromatic N) is 2. The molecule has 8 nitrogen and oxygen atoms in total. The van der Waals surface area contributed by atoms with E-state index >= 15 is 0 Å². The second-order valence-electron chi connectivity index (χ2n) is 6.50. The summed E-state index contributed by atoms with van der Waals surface area (Å²) < 4.78 is 10.5. The molecule has 8 heteroatoms. The van der Waals surface area contributed by atoms with Gasteiger partial charge < -0.3 is 29.9 Å². The van der Waals surface area contributed by atoms with Crippen molar-refractivity contribution in [2.75, 3.05) is 52.8 Å². The minimum atomic E-state index is -0.240. The Morgan fingerprint density at radius 1 is 1.27 bits per heavy atom. The zero-order chi connectivity index (χ0) is 19.1. The third-order valence-corrected chi connectivity index (χ3v) is 4.21. The fraction of sp³-hybridized carbons (Fsp3) is 0.556. The summed E-state index contributed by atoms with van der Waals surface area (Å²) in [6.45, 7) is 1.94. The minimum Gasteiger partial charge on any atom is -0.493 e. The smallest absolute Gasteiger partial charge is 0.315 e. The van der Waals surface area contributed by atoms with Crippen LogP contribution in [0.2, 0.25) is 0 Å². The van der Waals surface area contributed by atoms with Gasteiger partial charge in [-0.15, -0.1) is 0 Å². The number of rotatable bonds is 8. The van der Waals surface area contributed by atoms with E-state index in [1.807, 2.05) is 20.2 Å². The molecule has 1 aliphatic rings. The first-order valence-corrected chi connectivity index (χ1v) is 8.66. The van der Waals surface area contributed by atoms with Crippen LogP contribution in [0.4, 0.5) is 10.5 Å². The molecular weight excluding hydrogens is 336 g/mol. The molecule has 0 spiro atoms. The van der Waals surface area contributed by atoms with Crippen LogP contribution >= 0.6 is 0 Å². The molecule has 0 aromatic heterocycles. The van der Waals surface area contributed by atoms with Crippen molar-refractivity contribution >= 4 is 17.6 Å². The summed E-state index contributed by atoms with van der Waals surface area (Å²) in [7, 11) is 7.11. The van der Waals surface area contributed by atoms with E-state index < -0.39 is 0 Å². The lowest BCUT2D eigenvalue weighted by Gasteiger charge is -2.19. The van der Waals surface area contributed by atoms with Gasteiger partial charge in [0.25, 0.3) is 0 Å². The SMILES string of the molecule is COc1ccc(N2C[C@@H](NC(=O)NCCCN(C)C)CC2=O)cc1OC. The van der Waals surface area contributed by atoms with Gasteiger partial charge in [-0.25, -0.2) is 4.79 Å². The van der Waals surface area contributed by atoms with E-state index in [9.17, 15) is 9.59 Å². The monoisotopic (exact) mass is 364 g/mol. The summed E-state index contributed by atoms with van der Waals surface area (Å²) in [6, 6.07) is 4.88. The number of benzene rings is 1. The van der Waals surface area contributed by atoms with Crippen LogP contribution in [0.25, 0.3) is 0 Å². The summed E-state index contributed by atoms with van der Waals surface area (Å²) in [5.74, 6) is 1.14. The lowest BCUT2D eigenvalue weighted by molar-refractivity contribution is -0.117. The predicted molar refractivity (Wildman–Crippen MR) is 100 cm³/mol. The van der Waals surface area contributed by atoms with Crippen LogP contribution in [0.15, 0.2) is 18.2 Å². The van der Waals surface area contributed by atoms with E-state index in [1.165, 1.54) is 0 Å². The minimum absolute atomic E-state index is 0.0323. The lowest BCUT2D eigenvalue weighted by atomic mass is 10.2. The summed E-state index contributed by atoms with van der Waals surface area (Å²) in [5.41, 5.74) is 0.725. The number of hydrogen-bond donors (Lipinski definition) is 2. The molecule has 1 aromatic rings. The molecule has 0 saturated carbocycles. The Morgan fingerprint density at radius 2 is 2.00 bits per heavy atom. The van der Waals surface area contributed by atoms with Gasteiger partial charge >= 0.3 is 6.03 Å². The van der Waals surface area contributed by atoms with Crippen LogP contribution in [0, 0.1) is 0 Å². The summed E-state index contributed by atoms with van der Waals surface area (Å²) in [6.07, 6.45) is 1.15. The second kappa shape index (κ2) is 9.28. The van der Waals surface area contributed by atoms with Gasteiger partial charge in [0.1, 0.15) is 0 Å². The van der Waals surface area contributed by atoms with E-state index in [2.05, 4.69) is 15.5 Å². The molecule has 1 atom stereocenters. The Bertz CT molecular complexity index is 636.